The quantitative estimate of drug-likeness (QED) is 0.761. The van der Waals surface area contributed by atoms with Gasteiger partial charge in [-0.15, -0.1) is 0 Å². The zero-order valence-corrected chi connectivity index (χ0v) is 17.0. The van der Waals surface area contributed by atoms with E-state index in [-0.39, 0.29) is 47.6 Å². The molecule has 2 aliphatic carbocycles. The third kappa shape index (κ3) is 2.98. The third-order valence-corrected chi connectivity index (χ3v) is 6.90. The molecule has 2 bridgehead atoms. The van der Waals surface area contributed by atoms with Crippen LogP contribution >= 0.6 is 0 Å². The number of ether oxygens (including phenoxy) is 1. The summed E-state index contributed by atoms with van der Waals surface area (Å²) in [5.41, 5.74) is 3.80. The van der Waals surface area contributed by atoms with E-state index in [1.54, 1.807) is 24.3 Å². The van der Waals surface area contributed by atoms with Crippen molar-refractivity contribution in [3.63, 3.8) is 0 Å². The van der Waals surface area contributed by atoms with Gasteiger partial charge in [0.15, 0.2) is 0 Å². The van der Waals surface area contributed by atoms with Crippen molar-refractivity contribution in [2.45, 2.75) is 32.8 Å². The van der Waals surface area contributed by atoms with Gasteiger partial charge in [0, 0.05) is 22.9 Å². The summed E-state index contributed by atoms with van der Waals surface area (Å²) in [7, 11) is 0. The zero-order valence-electron chi connectivity index (χ0n) is 17.0. The van der Waals surface area contributed by atoms with Crippen LogP contribution < -0.4 is 10.6 Å². The Morgan fingerprint density at radius 3 is 2.50 bits per heavy atom. The lowest BCUT2D eigenvalue weighted by Gasteiger charge is -2.23. The lowest BCUT2D eigenvalue weighted by molar-refractivity contribution is -0.145. The first-order valence-corrected chi connectivity index (χ1v) is 10.4. The highest BCUT2D eigenvalue weighted by Crippen LogP contribution is 2.57. The Morgan fingerprint density at radius 1 is 1.00 bits per heavy atom. The van der Waals surface area contributed by atoms with Gasteiger partial charge in [0.2, 0.25) is 5.91 Å². The molecule has 1 saturated heterocycles. The first-order chi connectivity index (χ1) is 14.4. The summed E-state index contributed by atoms with van der Waals surface area (Å²) in [5, 5.41) is 5.89. The first-order valence-electron chi connectivity index (χ1n) is 10.4. The molecule has 6 nitrogen and oxygen atoms in total. The van der Waals surface area contributed by atoms with Gasteiger partial charge in [0.25, 0.3) is 5.91 Å². The fourth-order valence-electron chi connectivity index (χ4n) is 5.52. The number of anilines is 2. The Labute approximate surface area is 175 Å². The van der Waals surface area contributed by atoms with Gasteiger partial charge in [-0.2, -0.15) is 0 Å². The number of nitrogens with one attached hydrogen (secondary N) is 2. The standard InChI is InChI=1S/C24H24N2O4/c1-12-5-3-6-13(2)21(12)26-22(27)14-7-4-8-16(9-14)25-23(28)19-15-10-17-18(11-15)30-24(29)20(17)19/h3-9,15,17-20H,10-11H2,1-2H3,(H,25,28)(H,26,27)/t15-,17-,18-,19+,20+/m1/s1. The van der Waals surface area contributed by atoms with Gasteiger partial charge < -0.3 is 15.4 Å². The molecule has 1 heterocycles. The van der Waals surface area contributed by atoms with E-state index in [0.717, 1.165) is 29.7 Å². The molecule has 2 aromatic rings. The number of carbonyl (C=O) groups is 3. The lowest BCUT2D eigenvalue weighted by atomic mass is 9.79. The number of aryl methyl sites for hydroxylation is 2. The fourth-order valence-corrected chi connectivity index (χ4v) is 5.52. The van der Waals surface area contributed by atoms with E-state index in [4.69, 9.17) is 4.74 Å². The van der Waals surface area contributed by atoms with Gasteiger partial charge in [-0.05, 0) is 61.9 Å². The average Bonchev–Trinajstić information content (AvgIpc) is 3.33. The van der Waals surface area contributed by atoms with E-state index in [1.165, 1.54) is 0 Å². The van der Waals surface area contributed by atoms with Gasteiger partial charge in [-0.25, -0.2) is 0 Å². The van der Waals surface area contributed by atoms with E-state index < -0.39 is 0 Å². The van der Waals surface area contributed by atoms with E-state index in [2.05, 4.69) is 10.6 Å². The number of hydrogen-bond donors (Lipinski definition) is 2. The second kappa shape index (κ2) is 6.97. The molecule has 3 fully saturated rings. The van der Waals surface area contributed by atoms with Crippen molar-refractivity contribution in [3.05, 3.63) is 59.2 Å². The SMILES string of the molecule is Cc1cccc(C)c1NC(=O)c1cccc(NC(=O)[C@H]2[C@@H]3C[C@H]4[C@@H]2C(=O)O[C@@H]4C3)c1. The molecule has 0 radical (unpaired) electrons. The minimum Gasteiger partial charge on any atom is -0.462 e. The van der Waals surface area contributed by atoms with Gasteiger partial charge in [-0.1, -0.05) is 24.3 Å². The van der Waals surface area contributed by atoms with Crippen molar-refractivity contribution in [1.29, 1.82) is 0 Å². The Bertz CT molecular complexity index is 1040. The number of fused-ring (bicyclic) bond motifs is 1. The van der Waals surface area contributed by atoms with Crippen molar-refractivity contribution < 1.29 is 19.1 Å². The summed E-state index contributed by atoms with van der Waals surface area (Å²) in [6.45, 7) is 3.90. The topological polar surface area (TPSA) is 84.5 Å². The van der Waals surface area contributed by atoms with Crippen LogP contribution in [0.15, 0.2) is 42.5 Å². The third-order valence-electron chi connectivity index (χ3n) is 6.90. The Hall–Kier alpha value is -3.15. The highest BCUT2D eigenvalue weighted by molar-refractivity contribution is 6.06. The highest BCUT2D eigenvalue weighted by Gasteiger charge is 2.63. The van der Waals surface area contributed by atoms with Gasteiger partial charge >= 0.3 is 5.97 Å². The summed E-state index contributed by atoms with van der Waals surface area (Å²) >= 11 is 0. The van der Waals surface area contributed by atoms with E-state index in [0.29, 0.717) is 11.3 Å². The summed E-state index contributed by atoms with van der Waals surface area (Å²) in [5.74, 6) is -0.882. The van der Waals surface area contributed by atoms with Crippen LogP contribution in [0.2, 0.25) is 0 Å². The first kappa shape index (κ1) is 18.9. The maximum Gasteiger partial charge on any atom is 0.310 e. The van der Waals surface area contributed by atoms with Crippen molar-refractivity contribution >= 4 is 29.2 Å². The van der Waals surface area contributed by atoms with Crippen LogP contribution in [0.4, 0.5) is 11.4 Å². The number of amides is 2. The maximum absolute atomic E-state index is 13.0. The van der Waals surface area contributed by atoms with E-state index in [1.807, 2.05) is 32.0 Å². The molecular weight excluding hydrogens is 380 g/mol. The van der Waals surface area contributed by atoms with Crippen LogP contribution in [-0.2, 0) is 14.3 Å². The molecule has 2 amide bonds. The monoisotopic (exact) mass is 404 g/mol. The second-order valence-electron chi connectivity index (χ2n) is 8.71. The van der Waals surface area contributed by atoms with Crippen LogP contribution in [0.25, 0.3) is 0 Å². The number of carbonyl (C=O) groups excluding carboxylic acids is 3. The number of para-hydroxylation sites is 1. The van der Waals surface area contributed by atoms with Crippen molar-refractivity contribution in [2.75, 3.05) is 10.6 Å². The fraction of sp³-hybridized carbons (Fsp3) is 0.375. The number of esters is 1. The van der Waals surface area contributed by atoms with Crippen LogP contribution in [0.3, 0.4) is 0 Å². The minimum absolute atomic E-state index is 0.00785. The largest absolute Gasteiger partial charge is 0.462 e. The minimum atomic E-state index is -0.339. The Kier molecular flexibility index (Phi) is 4.38. The van der Waals surface area contributed by atoms with Gasteiger partial charge in [-0.3, -0.25) is 14.4 Å². The molecule has 2 saturated carbocycles. The summed E-state index contributed by atoms with van der Waals surface area (Å²) < 4.78 is 5.42. The molecule has 5 rings (SSSR count). The molecule has 2 aromatic carbocycles. The molecule has 0 unspecified atom stereocenters. The Morgan fingerprint density at radius 2 is 1.73 bits per heavy atom. The van der Waals surface area contributed by atoms with Crippen LogP contribution in [-0.4, -0.2) is 23.9 Å². The molecule has 0 spiro atoms. The second-order valence-corrected chi connectivity index (χ2v) is 8.71. The van der Waals surface area contributed by atoms with E-state index in [9.17, 15) is 14.4 Å². The van der Waals surface area contributed by atoms with E-state index >= 15 is 0 Å². The smallest absolute Gasteiger partial charge is 0.310 e. The summed E-state index contributed by atoms with van der Waals surface area (Å²) in [6.07, 6.45) is 1.68. The van der Waals surface area contributed by atoms with Crippen molar-refractivity contribution in [3.8, 4) is 0 Å². The van der Waals surface area contributed by atoms with Gasteiger partial charge in [0.1, 0.15) is 6.10 Å². The number of rotatable bonds is 4. The predicted octanol–water partition coefficient (Wildman–Crippen LogP) is 3.69. The van der Waals surface area contributed by atoms with Crippen LogP contribution in [0.5, 0.6) is 0 Å². The number of benzene rings is 2. The summed E-state index contributed by atoms with van der Waals surface area (Å²) in [4.78, 5) is 37.9. The van der Waals surface area contributed by atoms with Gasteiger partial charge in [0.05, 0.1) is 11.8 Å². The predicted molar refractivity (Wildman–Crippen MR) is 112 cm³/mol. The Balaban J connectivity index is 1.31. The molecule has 154 valence electrons. The average molecular weight is 404 g/mol. The summed E-state index contributed by atoms with van der Waals surface area (Å²) in [6, 6.07) is 12.8. The highest BCUT2D eigenvalue weighted by atomic mass is 16.6. The molecule has 0 aromatic heterocycles. The molecule has 30 heavy (non-hydrogen) atoms. The molecule has 2 N–H and O–H groups in total. The van der Waals surface area contributed by atoms with Crippen molar-refractivity contribution in [1.82, 2.24) is 0 Å². The molecule has 6 heteroatoms. The maximum atomic E-state index is 13.0. The molecular formula is C24H24N2O4. The lowest BCUT2D eigenvalue weighted by Crippen LogP contribution is -2.35. The normalized spacial score (nSPS) is 28.3. The molecule has 3 aliphatic rings. The van der Waals surface area contributed by atoms with Crippen LogP contribution in [0, 0.1) is 37.5 Å². The molecule has 1 aliphatic heterocycles. The van der Waals surface area contributed by atoms with Crippen molar-refractivity contribution in [2.24, 2.45) is 23.7 Å². The van der Waals surface area contributed by atoms with Crippen LogP contribution in [0.1, 0.15) is 34.3 Å². The molecule has 5 atom stereocenters. The zero-order chi connectivity index (χ0) is 21.0. The number of hydrogen-bond acceptors (Lipinski definition) is 4.